The fraction of sp³-hybridized carbons (Fsp3) is 0.362. The first kappa shape index (κ1) is 74.1. The summed E-state index contributed by atoms with van der Waals surface area (Å²) in [6.45, 7) is 9.29. The molecule has 0 radical (unpaired) electrons. The van der Waals surface area contributed by atoms with Crippen LogP contribution < -0.4 is 26.7 Å². The Morgan fingerprint density at radius 3 is 1.45 bits per heavy atom. The molecular formula is C58H71BBr5N13O7S4. The average Bonchev–Trinajstić information content (AvgIpc) is 2.24. The first-order chi connectivity index (χ1) is 41.3. The Balaban J connectivity index is 0.000000201. The summed E-state index contributed by atoms with van der Waals surface area (Å²) < 4.78 is 64.3. The van der Waals surface area contributed by atoms with Gasteiger partial charge in [-0.15, -0.1) is 0 Å². The molecule has 7 aromatic rings. The maximum atomic E-state index is 11.7. The van der Waals surface area contributed by atoms with Gasteiger partial charge >= 0.3 is 19.2 Å². The second kappa shape index (κ2) is 34.7. The summed E-state index contributed by atoms with van der Waals surface area (Å²) in [5, 5.41) is 0.861. The fourth-order valence-corrected chi connectivity index (χ4v) is 13.2. The zero-order valence-corrected chi connectivity index (χ0v) is 61.1. The summed E-state index contributed by atoms with van der Waals surface area (Å²) in [4.78, 5) is 54.9. The highest BCUT2D eigenvalue weighted by atomic mass is 79.9. The lowest BCUT2D eigenvalue weighted by molar-refractivity contribution is 0.00578. The predicted molar refractivity (Wildman–Crippen MR) is 374 cm³/mol. The molecule has 0 bridgehead atoms. The minimum absolute atomic E-state index is 0.168. The molecule has 3 aliphatic heterocycles. The van der Waals surface area contributed by atoms with E-state index in [4.69, 9.17) is 30.3 Å². The molecule has 3 aliphatic rings. The van der Waals surface area contributed by atoms with Gasteiger partial charge in [0.25, 0.3) is 0 Å². The van der Waals surface area contributed by atoms with Gasteiger partial charge in [0.1, 0.15) is 11.6 Å². The first-order valence-corrected chi connectivity index (χ1v) is 38.6. The van der Waals surface area contributed by atoms with Gasteiger partial charge in [0.05, 0.1) is 22.7 Å². The summed E-state index contributed by atoms with van der Waals surface area (Å²) in [7, 11) is -6.30. The van der Waals surface area contributed by atoms with Crippen LogP contribution in [0.1, 0.15) is 79.5 Å². The number of thioether (sulfide) groups is 1. The monoisotopic (exact) mass is 1600 g/mol. The van der Waals surface area contributed by atoms with Crippen molar-refractivity contribution < 1.29 is 31.5 Å². The number of primary amides is 2. The number of rotatable bonds is 11. The highest BCUT2D eigenvalue weighted by Gasteiger charge is 2.52. The van der Waals surface area contributed by atoms with Crippen LogP contribution in [0.2, 0.25) is 0 Å². The summed E-state index contributed by atoms with van der Waals surface area (Å²) in [5.41, 5.74) is 19.7. The van der Waals surface area contributed by atoms with Crippen molar-refractivity contribution in [2.45, 2.75) is 92.9 Å². The molecule has 1 saturated heterocycles. The molecule has 7 aromatic heterocycles. The Hall–Kier alpha value is -4.63. The molecular weight excluding hydrogens is 1530 g/mol. The number of aromatic nitrogens is 7. The Morgan fingerprint density at radius 1 is 0.614 bits per heavy atom. The quantitative estimate of drug-likeness (QED) is 0.0691. The van der Waals surface area contributed by atoms with E-state index in [0.717, 1.165) is 99.1 Å². The number of halogens is 5. The zero-order chi connectivity index (χ0) is 65.0. The summed E-state index contributed by atoms with van der Waals surface area (Å²) >= 11 is 18.4. The molecule has 472 valence electrons. The molecule has 88 heavy (non-hydrogen) atoms. The van der Waals surface area contributed by atoms with Gasteiger partial charge in [-0.25, -0.2) is 28.0 Å². The van der Waals surface area contributed by atoms with Crippen LogP contribution in [0.25, 0.3) is 11.1 Å². The molecule has 4 amide bonds. The lowest BCUT2D eigenvalue weighted by Crippen LogP contribution is -2.41. The lowest BCUT2D eigenvalue weighted by atomic mass is 9.79. The molecule has 0 aromatic carbocycles. The van der Waals surface area contributed by atoms with Crippen LogP contribution in [0.15, 0.2) is 135 Å². The number of pyridine rings is 7. The van der Waals surface area contributed by atoms with Crippen molar-refractivity contribution in [1.29, 1.82) is 9.56 Å². The molecule has 10 rings (SSSR count). The van der Waals surface area contributed by atoms with E-state index in [1.165, 1.54) is 33.4 Å². The number of nitrogens with two attached hydrogens (primary N) is 2. The highest BCUT2D eigenvalue weighted by molar-refractivity contribution is 9.11. The third-order valence-electron chi connectivity index (χ3n) is 13.0. The Morgan fingerprint density at radius 2 is 1.01 bits per heavy atom. The van der Waals surface area contributed by atoms with Crippen LogP contribution >= 0.6 is 91.4 Å². The van der Waals surface area contributed by atoms with Gasteiger partial charge < -0.3 is 20.8 Å². The predicted octanol–water partition coefficient (Wildman–Crippen LogP) is 12.6. The number of hydrogen-bond donors (Lipinski definition) is 4. The molecule has 3 unspecified atom stereocenters. The Labute approximate surface area is 565 Å². The SMILES string of the molecule is BrCc1cncc(Br)c1.CC1(C)OB(c2cnc3c(c2)CCCN3C(N)=O)OC1(C)C.CS(=N)(=O)Cc1cncc(-c2cnc3c(c2)CCCN3C(N)=O)c1.CS(=N)(=O)Cc1cncc(Br)c1.CS(=O)Cc1cncc(Br)c1.CSCc1cncc(Br)c1. The molecule has 30 heteroatoms. The van der Waals surface area contributed by atoms with Crippen molar-refractivity contribution in [1.82, 2.24) is 34.9 Å². The van der Waals surface area contributed by atoms with Gasteiger partial charge in [-0.3, -0.25) is 48.5 Å². The van der Waals surface area contributed by atoms with Gasteiger partial charge in [0.15, 0.2) is 0 Å². The number of urea groups is 2. The third kappa shape index (κ3) is 24.9. The van der Waals surface area contributed by atoms with Crippen molar-refractivity contribution in [3.8, 4) is 11.1 Å². The molecule has 0 spiro atoms. The van der Waals surface area contributed by atoms with E-state index in [1.807, 2.05) is 76.5 Å². The number of amides is 4. The fourth-order valence-electron chi connectivity index (χ4n) is 8.54. The number of carbonyl (C=O) groups is 2. The number of hydrogen-bond acceptors (Lipinski definition) is 17. The van der Waals surface area contributed by atoms with Crippen LogP contribution in [0, 0.1) is 9.56 Å². The minimum Gasteiger partial charge on any atom is -0.399 e. The van der Waals surface area contributed by atoms with Crippen LogP contribution in [0.5, 0.6) is 0 Å². The van der Waals surface area contributed by atoms with Crippen LogP contribution in [0.3, 0.4) is 0 Å². The summed E-state index contributed by atoms with van der Waals surface area (Å²) in [6, 6.07) is 12.8. The number of carbonyl (C=O) groups excluding carboxylic acids is 2. The first-order valence-electron chi connectivity index (χ1n) is 26.9. The van der Waals surface area contributed by atoms with Gasteiger partial charge in [-0.1, -0.05) is 22.0 Å². The number of fused-ring (bicyclic) bond motifs is 2. The summed E-state index contributed by atoms with van der Waals surface area (Å²) in [5.74, 6) is 3.31. The van der Waals surface area contributed by atoms with Crippen molar-refractivity contribution in [3.05, 3.63) is 174 Å². The van der Waals surface area contributed by atoms with E-state index >= 15 is 0 Å². The van der Waals surface area contributed by atoms with Gasteiger partial charge in [-0.05, 0) is 199 Å². The maximum absolute atomic E-state index is 11.7. The van der Waals surface area contributed by atoms with Crippen molar-refractivity contribution in [2.24, 2.45) is 11.5 Å². The van der Waals surface area contributed by atoms with Crippen molar-refractivity contribution in [3.63, 3.8) is 0 Å². The summed E-state index contributed by atoms with van der Waals surface area (Å²) in [6.07, 6.45) is 30.8. The van der Waals surface area contributed by atoms with Crippen LogP contribution in [0.4, 0.5) is 21.2 Å². The number of nitrogens with zero attached hydrogens (tertiary/aromatic N) is 9. The lowest BCUT2D eigenvalue weighted by Gasteiger charge is -2.32. The number of nitrogens with one attached hydrogen (secondary N) is 2. The van der Waals surface area contributed by atoms with Crippen molar-refractivity contribution >= 4 is 158 Å². The minimum atomic E-state index is -2.62. The zero-order valence-electron chi connectivity index (χ0n) is 49.9. The largest absolute Gasteiger partial charge is 0.496 e. The highest BCUT2D eigenvalue weighted by Crippen LogP contribution is 2.37. The van der Waals surface area contributed by atoms with Crippen molar-refractivity contribution in [2.75, 3.05) is 47.9 Å². The molecule has 1 fully saturated rings. The molecule has 20 nitrogen and oxygen atoms in total. The Bertz CT molecular complexity index is 3760. The van der Waals surface area contributed by atoms with E-state index in [1.54, 1.807) is 80.0 Å². The Kier molecular flexibility index (Phi) is 29.2. The number of anilines is 2. The van der Waals surface area contributed by atoms with Gasteiger partial charge in [0, 0.05) is 188 Å². The topological polar surface area (TPSA) is 300 Å². The van der Waals surface area contributed by atoms with E-state index in [0.29, 0.717) is 30.5 Å². The number of alkyl halides is 1. The second-order valence-corrected chi connectivity index (χ2v) is 32.6. The molecule has 0 aliphatic carbocycles. The molecule has 6 N–H and O–H groups in total. The van der Waals surface area contributed by atoms with Gasteiger partial charge in [0.2, 0.25) is 0 Å². The van der Waals surface area contributed by atoms with Crippen LogP contribution in [-0.2, 0) is 80.7 Å². The number of aryl methyl sites for hydroxylation is 2. The van der Waals surface area contributed by atoms with E-state index in [9.17, 15) is 22.2 Å². The standard InChI is InChI=1S/C16H19N5O2S.C15H22BN3O3.C7H9BrN2OS.C7H8BrNOS.C7H8BrNS.C6H5Br2N/c1-24(18,23)10-11-5-13(8-19-7-11)14-6-12-3-2-4-21(16(17)22)15(12)20-9-14;1-14(2)15(3,4)22-16(21-14)11-8-10-6-5-7-19(13(17)20)12(10)18-9-11;1-12(9,11)5-6-2-7(8)4-10-3-6;1-11(10)5-6-2-7(8)4-9-3-6;1-10-5-6-2-7(8)4-9-3-6;7-2-5-1-6(8)4-9-3-5/h5-9,18H,2-4,10H2,1H3,(H2,17,22);8-9H,5-7H2,1-4H3,(H2,17,20);2-4,9H,5H2,1H3;2-4H,5H2,1H3;2-4H,5H2,1H3;1,3-4H,2H2. The maximum Gasteiger partial charge on any atom is 0.496 e. The van der Waals surface area contributed by atoms with Gasteiger partial charge in [-0.2, -0.15) is 11.8 Å². The average molecular weight is 1600 g/mol. The van der Waals surface area contributed by atoms with E-state index in [2.05, 4.69) is 127 Å². The smallest absolute Gasteiger partial charge is 0.399 e. The second-order valence-electron chi connectivity index (χ2n) is 21.4. The molecule has 3 atom stereocenters. The normalized spacial score (nSPS) is 15.9. The van der Waals surface area contributed by atoms with E-state index in [-0.39, 0.29) is 22.7 Å². The van der Waals surface area contributed by atoms with Crippen LogP contribution in [-0.4, -0.2) is 116 Å². The molecule has 0 saturated carbocycles. The van der Waals surface area contributed by atoms with E-state index < -0.39 is 49.4 Å². The molecule has 10 heterocycles. The third-order valence-corrected chi connectivity index (χ3v) is 18.5.